The smallest absolute Gasteiger partial charge is 0.407 e. The molecule has 6 heteroatoms. The Hall–Kier alpha value is -1.77. The average Bonchev–Trinajstić information content (AvgIpc) is 2.19. The molecule has 0 bridgehead atoms. The van der Waals surface area contributed by atoms with Crippen molar-refractivity contribution in [2.24, 2.45) is 5.92 Å². The normalized spacial score (nSPS) is 12.9. The third kappa shape index (κ3) is 3.12. The molecule has 1 aromatic rings. The van der Waals surface area contributed by atoms with Crippen molar-refractivity contribution in [2.75, 3.05) is 6.61 Å². The Bertz CT molecular complexity index is 397. The van der Waals surface area contributed by atoms with Crippen LogP contribution in [-0.2, 0) is 0 Å². The standard InChI is InChI=1S/C10H7F4NO/c11-8-3-1-2-4-9(8)16-6-7(5-15)10(12,13)14/h1-4,7H,6H2. The van der Waals surface area contributed by atoms with Crippen LogP contribution in [0.15, 0.2) is 24.3 Å². The predicted octanol–water partition coefficient (Wildman–Crippen LogP) is 2.91. The molecule has 16 heavy (non-hydrogen) atoms. The number of hydrogen-bond donors (Lipinski definition) is 0. The van der Waals surface area contributed by atoms with E-state index in [-0.39, 0.29) is 5.75 Å². The van der Waals surface area contributed by atoms with Gasteiger partial charge in [0.1, 0.15) is 6.61 Å². The average molecular weight is 233 g/mol. The summed E-state index contributed by atoms with van der Waals surface area (Å²) in [5.74, 6) is -3.32. The highest BCUT2D eigenvalue weighted by molar-refractivity contribution is 5.23. The lowest BCUT2D eigenvalue weighted by atomic mass is 10.2. The molecule has 0 aliphatic rings. The van der Waals surface area contributed by atoms with Crippen LogP contribution in [0.4, 0.5) is 17.6 Å². The number of hydrogen-bond acceptors (Lipinski definition) is 2. The fourth-order valence-corrected chi connectivity index (χ4v) is 0.940. The Kier molecular flexibility index (Phi) is 3.72. The van der Waals surface area contributed by atoms with E-state index in [1.54, 1.807) is 0 Å². The van der Waals surface area contributed by atoms with E-state index in [1.807, 2.05) is 0 Å². The van der Waals surface area contributed by atoms with Gasteiger partial charge in [0.2, 0.25) is 0 Å². The van der Waals surface area contributed by atoms with Gasteiger partial charge in [0.25, 0.3) is 0 Å². The van der Waals surface area contributed by atoms with Gasteiger partial charge in [-0.05, 0) is 12.1 Å². The number of rotatable bonds is 3. The second-order valence-corrected chi connectivity index (χ2v) is 2.96. The third-order valence-corrected chi connectivity index (χ3v) is 1.79. The van der Waals surface area contributed by atoms with Crippen molar-refractivity contribution >= 4 is 0 Å². The summed E-state index contributed by atoms with van der Waals surface area (Å²) >= 11 is 0. The van der Waals surface area contributed by atoms with Crippen LogP contribution in [0.2, 0.25) is 0 Å². The molecular formula is C10H7F4NO. The summed E-state index contributed by atoms with van der Waals surface area (Å²) in [6.07, 6.45) is -4.67. The number of nitrogens with zero attached hydrogens (tertiary/aromatic N) is 1. The highest BCUT2D eigenvalue weighted by Gasteiger charge is 2.40. The number of benzene rings is 1. The molecule has 0 aromatic heterocycles. The number of alkyl halides is 3. The van der Waals surface area contributed by atoms with Crippen molar-refractivity contribution in [1.82, 2.24) is 0 Å². The van der Waals surface area contributed by atoms with Crippen LogP contribution >= 0.6 is 0 Å². The van der Waals surface area contributed by atoms with Crippen LogP contribution in [0.3, 0.4) is 0 Å². The van der Waals surface area contributed by atoms with Gasteiger partial charge in [-0.2, -0.15) is 18.4 Å². The highest BCUT2D eigenvalue weighted by atomic mass is 19.4. The van der Waals surface area contributed by atoms with Crippen molar-refractivity contribution in [2.45, 2.75) is 6.18 Å². The first-order chi connectivity index (χ1) is 7.45. The maximum atomic E-state index is 13.0. The van der Waals surface area contributed by atoms with Gasteiger partial charge in [0.15, 0.2) is 17.5 Å². The summed E-state index contributed by atoms with van der Waals surface area (Å²) in [5, 5.41) is 8.27. The molecule has 0 spiro atoms. The maximum Gasteiger partial charge on any atom is 0.407 e. The first kappa shape index (κ1) is 12.3. The van der Waals surface area contributed by atoms with Gasteiger partial charge in [-0.25, -0.2) is 4.39 Å². The Morgan fingerprint density at radius 1 is 1.31 bits per heavy atom. The summed E-state index contributed by atoms with van der Waals surface area (Å²) in [5.41, 5.74) is 0. The molecule has 1 atom stereocenters. The fourth-order valence-electron chi connectivity index (χ4n) is 0.940. The fraction of sp³-hybridized carbons (Fsp3) is 0.300. The van der Waals surface area contributed by atoms with Crippen LogP contribution < -0.4 is 4.74 Å². The minimum Gasteiger partial charge on any atom is -0.489 e. The van der Waals surface area contributed by atoms with Crippen LogP contribution in [0.25, 0.3) is 0 Å². The molecule has 0 aliphatic carbocycles. The second kappa shape index (κ2) is 4.84. The van der Waals surface area contributed by atoms with E-state index in [4.69, 9.17) is 5.26 Å². The van der Waals surface area contributed by atoms with Crippen LogP contribution in [0.5, 0.6) is 5.75 Å². The monoisotopic (exact) mass is 233 g/mol. The molecule has 0 saturated heterocycles. The van der Waals surface area contributed by atoms with E-state index >= 15 is 0 Å². The molecule has 0 fully saturated rings. The van der Waals surface area contributed by atoms with E-state index < -0.39 is 24.5 Å². The molecule has 0 amide bonds. The Balaban J connectivity index is 2.65. The molecule has 2 nitrogen and oxygen atoms in total. The summed E-state index contributed by atoms with van der Waals surface area (Å²) < 4.78 is 53.9. The molecule has 0 saturated carbocycles. The van der Waals surface area contributed by atoms with Crippen LogP contribution in [-0.4, -0.2) is 12.8 Å². The van der Waals surface area contributed by atoms with Gasteiger partial charge >= 0.3 is 6.18 Å². The van der Waals surface area contributed by atoms with Gasteiger partial charge in [-0.15, -0.1) is 0 Å². The van der Waals surface area contributed by atoms with Crippen LogP contribution in [0, 0.1) is 23.1 Å². The Labute approximate surface area is 89.1 Å². The summed E-state index contributed by atoms with van der Waals surface area (Å²) in [7, 11) is 0. The lowest BCUT2D eigenvalue weighted by molar-refractivity contribution is -0.165. The number of para-hydroxylation sites is 1. The van der Waals surface area contributed by atoms with Crippen molar-refractivity contribution in [3.8, 4) is 11.8 Å². The molecule has 86 valence electrons. The van der Waals surface area contributed by atoms with Crippen LogP contribution in [0.1, 0.15) is 0 Å². The second-order valence-electron chi connectivity index (χ2n) is 2.96. The van der Waals surface area contributed by atoms with Gasteiger partial charge in [0, 0.05) is 0 Å². The molecule has 0 N–H and O–H groups in total. The van der Waals surface area contributed by atoms with Gasteiger partial charge in [-0.1, -0.05) is 12.1 Å². The largest absolute Gasteiger partial charge is 0.489 e. The van der Waals surface area contributed by atoms with Crippen molar-refractivity contribution < 1.29 is 22.3 Å². The quantitative estimate of drug-likeness (QED) is 0.752. The van der Waals surface area contributed by atoms with E-state index in [9.17, 15) is 17.6 Å². The van der Waals surface area contributed by atoms with E-state index in [0.717, 1.165) is 12.1 Å². The summed E-state index contributed by atoms with van der Waals surface area (Å²) in [4.78, 5) is 0. The van der Waals surface area contributed by atoms with Crippen molar-refractivity contribution in [3.63, 3.8) is 0 Å². The van der Waals surface area contributed by atoms with Gasteiger partial charge < -0.3 is 4.74 Å². The zero-order valence-corrected chi connectivity index (χ0v) is 7.96. The Morgan fingerprint density at radius 2 is 1.94 bits per heavy atom. The lowest BCUT2D eigenvalue weighted by Gasteiger charge is -2.14. The third-order valence-electron chi connectivity index (χ3n) is 1.79. The lowest BCUT2D eigenvalue weighted by Crippen LogP contribution is -2.27. The molecule has 0 aliphatic heterocycles. The summed E-state index contributed by atoms with van der Waals surface area (Å²) in [6, 6.07) is 6.12. The highest BCUT2D eigenvalue weighted by Crippen LogP contribution is 2.26. The van der Waals surface area contributed by atoms with E-state index in [0.29, 0.717) is 0 Å². The predicted molar refractivity (Wildman–Crippen MR) is 47.1 cm³/mol. The number of halogens is 4. The molecule has 0 heterocycles. The molecule has 1 rings (SSSR count). The minimum absolute atomic E-state index is 0.299. The molecule has 1 unspecified atom stereocenters. The van der Waals surface area contributed by atoms with Gasteiger partial charge in [0.05, 0.1) is 6.07 Å². The van der Waals surface area contributed by atoms with Crippen molar-refractivity contribution in [3.05, 3.63) is 30.1 Å². The van der Waals surface area contributed by atoms with E-state index in [2.05, 4.69) is 4.74 Å². The van der Waals surface area contributed by atoms with E-state index in [1.165, 1.54) is 18.2 Å². The SMILES string of the molecule is N#CC(COc1ccccc1F)C(F)(F)F. The zero-order valence-electron chi connectivity index (χ0n) is 7.96. The zero-order chi connectivity index (χ0) is 12.2. The minimum atomic E-state index is -4.67. The maximum absolute atomic E-state index is 13.0. The number of nitriles is 1. The van der Waals surface area contributed by atoms with Crippen molar-refractivity contribution in [1.29, 1.82) is 5.26 Å². The summed E-state index contributed by atoms with van der Waals surface area (Å²) in [6.45, 7) is -0.916. The first-order valence-electron chi connectivity index (χ1n) is 4.29. The first-order valence-corrected chi connectivity index (χ1v) is 4.29. The number of ether oxygens (including phenoxy) is 1. The molecule has 0 radical (unpaired) electrons. The molecular weight excluding hydrogens is 226 g/mol. The topological polar surface area (TPSA) is 33.0 Å². The Morgan fingerprint density at radius 3 is 2.44 bits per heavy atom. The molecule has 1 aromatic carbocycles. The van der Waals surface area contributed by atoms with Gasteiger partial charge in [-0.3, -0.25) is 0 Å².